The van der Waals surface area contributed by atoms with Crippen molar-refractivity contribution in [3.63, 3.8) is 0 Å². The maximum Gasteiger partial charge on any atom is 0.416 e. The highest BCUT2D eigenvalue weighted by Gasteiger charge is 2.31. The van der Waals surface area contributed by atoms with Crippen molar-refractivity contribution in [2.24, 2.45) is 0 Å². The molecule has 0 aliphatic carbocycles. The zero-order chi connectivity index (χ0) is 19.8. The fourth-order valence-corrected chi connectivity index (χ4v) is 3.13. The maximum absolute atomic E-state index is 13.0. The Morgan fingerprint density at radius 2 is 1.93 bits per heavy atom. The van der Waals surface area contributed by atoms with Gasteiger partial charge in [0.2, 0.25) is 0 Å². The Morgan fingerprint density at radius 1 is 1.19 bits per heavy atom. The van der Waals surface area contributed by atoms with Crippen LogP contribution in [0, 0.1) is 0 Å². The summed E-state index contributed by atoms with van der Waals surface area (Å²) in [5.41, 5.74) is -0.138. The van der Waals surface area contributed by atoms with Gasteiger partial charge in [0.05, 0.1) is 34.3 Å². The van der Waals surface area contributed by atoms with E-state index < -0.39 is 17.8 Å². The summed E-state index contributed by atoms with van der Waals surface area (Å²) in [7, 11) is 0. The van der Waals surface area contributed by atoms with Gasteiger partial charge in [-0.3, -0.25) is 0 Å². The van der Waals surface area contributed by atoms with Crippen molar-refractivity contribution < 1.29 is 23.0 Å². The number of aliphatic hydroxyl groups is 1. The summed E-state index contributed by atoms with van der Waals surface area (Å²) in [5, 5.41) is 10.5. The number of benzene rings is 2. The van der Waals surface area contributed by atoms with E-state index in [9.17, 15) is 18.3 Å². The second-order valence-electron chi connectivity index (χ2n) is 6.05. The van der Waals surface area contributed by atoms with Crippen LogP contribution >= 0.6 is 23.2 Å². The van der Waals surface area contributed by atoms with E-state index >= 15 is 0 Å². The number of fused-ring (bicyclic) bond motifs is 1. The Morgan fingerprint density at radius 3 is 2.56 bits per heavy atom. The highest BCUT2D eigenvalue weighted by Crippen LogP contribution is 2.32. The van der Waals surface area contributed by atoms with Gasteiger partial charge in [0.25, 0.3) is 0 Å². The highest BCUT2D eigenvalue weighted by atomic mass is 35.5. The number of imidazole rings is 1. The first-order valence-corrected chi connectivity index (χ1v) is 8.73. The molecule has 1 aromatic heterocycles. The molecule has 0 saturated heterocycles. The zero-order valence-corrected chi connectivity index (χ0v) is 15.6. The number of alkyl halides is 3. The summed E-state index contributed by atoms with van der Waals surface area (Å²) >= 11 is 11.9. The Bertz CT molecular complexity index is 971. The molecular formula is C18H15Cl2F3N2O2. The number of aromatic nitrogens is 2. The van der Waals surface area contributed by atoms with Gasteiger partial charge in [-0.15, -0.1) is 0 Å². The van der Waals surface area contributed by atoms with Crippen LogP contribution in [0.1, 0.15) is 18.3 Å². The molecule has 0 amide bonds. The van der Waals surface area contributed by atoms with Crippen LogP contribution in [0.15, 0.2) is 36.4 Å². The molecule has 0 aliphatic heterocycles. The molecule has 1 N–H and O–H groups in total. The summed E-state index contributed by atoms with van der Waals surface area (Å²) < 4.78 is 46.1. The summed E-state index contributed by atoms with van der Waals surface area (Å²) in [4.78, 5) is 4.26. The van der Waals surface area contributed by atoms with Crippen molar-refractivity contribution in [2.45, 2.75) is 32.4 Å². The molecule has 9 heteroatoms. The number of hydrogen-bond donors (Lipinski definition) is 1. The van der Waals surface area contributed by atoms with E-state index in [1.165, 1.54) is 12.1 Å². The molecule has 0 bridgehead atoms. The number of rotatable bonds is 5. The van der Waals surface area contributed by atoms with Gasteiger partial charge in [0.1, 0.15) is 18.2 Å². The molecule has 3 aromatic rings. The minimum Gasteiger partial charge on any atom is -0.484 e. The first-order valence-electron chi connectivity index (χ1n) is 7.97. The van der Waals surface area contributed by atoms with Gasteiger partial charge in [-0.2, -0.15) is 13.2 Å². The molecule has 1 heterocycles. The van der Waals surface area contributed by atoms with Crippen molar-refractivity contribution in [1.29, 1.82) is 0 Å². The van der Waals surface area contributed by atoms with Crippen molar-refractivity contribution in [3.05, 3.63) is 57.8 Å². The molecule has 144 valence electrons. The largest absolute Gasteiger partial charge is 0.484 e. The maximum atomic E-state index is 13.0. The summed E-state index contributed by atoms with van der Waals surface area (Å²) in [6.07, 6.45) is -5.18. The fourth-order valence-electron chi connectivity index (χ4n) is 2.67. The molecule has 3 rings (SSSR count). The molecule has 0 aliphatic rings. The standard InChI is InChI=1S/C18H15Cl2F3N2O2/c1-10(26)8-25-15-4-2-11(18(21,22)23)6-14(15)24-17(25)9-27-16-5-3-12(19)7-13(16)20/h2-7,10,26H,8-9H2,1H3. The second kappa shape index (κ2) is 7.58. The highest BCUT2D eigenvalue weighted by molar-refractivity contribution is 6.35. The lowest BCUT2D eigenvalue weighted by Crippen LogP contribution is -2.15. The van der Waals surface area contributed by atoms with Crippen LogP contribution < -0.4 is 4.74 Å². The predicted octanol–water partition coefficient (Wildman–Crippen LogP) is 5.32. The smallest absolute Gasteiger partial charge is 0.416 e. The minimum atomic E-state index is -4.46. The molecule has 0 spiro atoms. The average Bonchev–Trinajstić information content (AvgIpc) is 2.89. The minimum absolute atomic E-state index is 0.0376. The monoisotopic (exact) mass is 418 g/mol. The SMILES string of the molecule is CC(O)Cn1c(COc2ccc(Cl)cc2Cl)nc2cc(C(F)(F)F)ccc21. The van der Waals surface area contributed by atoms with E-state index in [0.29, 0.717) is 27.1 Å². The quantitative estimate of drug-likeness (QED) is 0.609. The third kappa shape index (κ3) is 4.48. The van der Waals surface area contributed by atoms with Gasteiger partial charge in [-0.1, -0.05) is 23.2 Å². The van der Waals surface area contributed by atoms with E-state index in [1.807, 2.05) is 0 Å². The second-order valence-corrected chi connectivity index (χ2v) is 6.90. The van der Waals surface area contributed by atoms with Crippen LogP contribution in [0.2, 0.25) is 10.0 Å². The van der Waals surface area contributed by atoms with Gasteiger partial charge in [0.15, 0.2) is 0 Å². The lowest BCUT2D eigenvalue weighted by Gasteiger charge is -2.13. The summed E-state index contributed by atoms with van der Waals surface area (Å²) in [6, 6.07) is 8.03. The zero-order valence-electron chi connectivity index (χ0n) is 14.1. The van der Waals surface area contributed by atoms with Crippen LogP contribution in [0.25, 0.3) is 11.0 Å². The van der Waals surface area contributed by atoms with Gasteiger partial charge < -0.3 is 14.4 Å². The predicted molar refractivity (Wildman–Crippen MR) is 97.2 cm³/mol. The molecule has 0 saturated carbocycles. The third-order valence-electron chi connectivity index (χ3n) is 3.85. The third-order valence-corrected chi connectivity index (χ3v) is 4.38. The Kier molecular flexibility index (Phi) is 5.55. The Labute approximate surface area is 163 Å². The van der Waals surface area contributed by atoms with Gasteiger partial charge in [-0.25, -0.2) is 4.98 Å². The molecule has 4 nitrogen and oxygen atoms in total. The number of ether oxygens (including phenoxy) is 1. The summed E-state index contributed by atoms with van der Waals surface area (Å²) in [5.74, 6) is 0.740. The molecule has 1 unspecified atom stereocenters. The van der Waals surface area contributed by atoms with E-state index in [0.717, 1.165) is 12.1 Å². The van der Waals surface area contributed by atoms with Crippen LogP contribution in [0.3, 0.4) is 0 Å². The lowest BCUT2D eigenvalue weighted by atomic mass is 10.2. The van der Waals surface area contributed by atoms with E-state index in [-0.39, 0.29) is 18.7 Å². The molecule has 1 atom stereocenters. The Hall–Kier alpha value is -1.96. The molecular weight excluding hydrogens is 404 g/mol. The number of nitrogens with zero attached hydrogens (tertiary/aromatic N) is 2. The van der Waals surface area contributed by atoms with Crippen molar-refractivity contribution in [2.75, 3.05) is 0 Å². The van der Waals surface area contributed by atoms with E-state index in [4.69, 9.17) is 27.9 Å². The number of aliphatic hydroxyl groups excluding tert-OH is 1. The average molecular weight is 419 g/mol. The van der Waals surface area contributed by atoms with Gasteiger partial charge >= 0.3 is 6.18 Å². The molecule has 0 radical (unpaired) electrons. The van der Waals surface area contributed by atoms with Crippen LogP contribution in [0.5, 0.6) is 5.75 Å². The number of hydrogen-bond acceptors (Lipinski definition) is 3. The van der Waals surface area contributed by atoms with Gasteiger partial charge in [0, 0.05) is 5.02 Å². The Balaban J connectivity index is 1.97. The molecule has 0 fully saturated rings. The fraction of sp³-hybridized carbons (Fsp3) is 0.278. The van der Waals surface area contributed by atoms with E-state index in [1.54, 1.807) is 23.6 Å². The van der Waals surface area contributed by atoms with Crippen molar-refractivity contribution >= 4 is 34.2 Å². The van der Waals surface area contributed by atoms with Gasteiger partial charge in [-0.05, 0) is 43.3 Å². The van der Waals surface area contributed by atoms with Crippen LogP contribution in [0.4, 0.5) is 13.2 Å². The van der Waals surface area contributed by atoms with Crippen molar-refractivity contribution in [3.8, 4) is 5.75 Å². The lowest BCUT2D eigenvalue weighted by molar-refractivity contribution is -0.137. The summed E-state index contributed by atoms with van der Waals surface area (Å²) in [6.45, 7) is 1.70. The first-order chi connectivity index (χ1) is 12.6. The van der Waals surface area contributed by atoms with Crippen LogP contribution in [-0.4, -0.2) is 20.8 Å². The molecule has 27 heavy (non-hydrogen) atoms. The molecule has 2 aromatic carbocycles. The van der Waals surface area contributed by atoms with Crippen molar-refractivity contribution in [1.82, 2.24) is 9.55 Å². The van der Waals surface area contributed by atoms with E-state index in [2.05, 4.69) is 4.98 Å². The number of halogens is 5. The first kappa shape index (κ1) is 19.8. The van der Waals surface area contributed by atoms with Crippen LogP contribution in [-0.2, 0) is 19.3 Å². The normalized spacial score (nSPS) is 13.1. The topological polar surface area (TPSA) is 47.3 Å².